The van der Waals surface area contributed by atoms with Crippen molar-refractivity contribution in [2.75, 3.05) is 13.2 Å². The fraction of sp³-hybridized carbons (Fsp3) is 0.310. The molecule has 0 aromatic heterocycles. The van der Waals surface area contributed by atoms with Crippen molar-refractivity contribution >= 4 is 27.7 Å². The molecule has 0 bridgehead atoms. The summed E-state index contributed by atoms with van der Waals surface area (Å²) in [7, 11) is 0. The molecule has 0 heterocycles. The summed E-state index contributed by atoms with van der Waals surface area (Å²) in [4.78, 5) is 28.6. The molecule has 0 aliphatic carbocycles. The van der Waals surface area contributed by atoms with Crippen LogP contribution >= 0.6 is 15.9 Å². The summed E-state index contributed by atoms with van der Waals surface area (Å²) >= 11 is 3.41. The summed E-state index contributed by atoms with van der Waals surface area (Å²) in [5.41, 5.74) is 3.09. The van der Waals surface area contributed by atoms with Crippen molar-refractivity contribution in [1.82, 2.24) is 10.2 Å². The highest BCUT2D eigenvalue weighted by Gasteiger charge is 2.30. The van der Waals surface area contributed by atoms with Crippen molar-refractivity contribution < 1.29 is 14.3 Å². The third-order valence-corrected chi connectivity index (χ3v) is 6.13. The van der Waals surface area contributed by atoms with Gasteiger partial charge in [0.05, 0.1) is 0 Å². The van der Waals surface area contributed by atoms with Gasteiger partial charge in [0.15, 0.2) is 6.61 Å². The molecular formula is C29H33BrN2O3. The Labute approximate surface area is 216 Å². The van der Waals surface area contributed by atoms with E-state index in [0.717, 1.165) is 21.2 Å². The number of carbonyl (C=O) groups is 2. The first-order valence-corrected chi connectivity index (χ1v) is 12.7. The van der Waals surface area contributed by atoms with Crippen LogP contribution < -0.4 is 10.1 Å². The summed E-state index contributed by atoms with van der Waals surface area (Å²) < 4.78 is 6.73. The molecule has 0 saturated carbocycles. The van der Waals surface area contributed by atoms with Crippen LogP contribution in [-0.2, 0) is 22.6 Å². The number of nitrogens with one attached hydrogen (secondary N) is 1. The van der Waals surface area contributed by atoms with Gasteiger partial charge in [0.25, 0.3) is 5.91 Å². The van der Waals surface area contributed by atoms with E-state index < -0.39 is 6.04 Å². The van der Waals surface area contributed by atoms with Crippen LogP contribution in [0, 0.1) is 12.8 Å². The Morgan fingerprint density at radius 2 is 1.57 bits per heavy atom. The zero-order valence-electron chi connectivity index (χ0n) is 20.5. The van der Waals surface area contributed by atoms with Crippen LogP contribution in [0.25, 0.3) is 0 Å². The number of aryl methyl sites for hydroxylation is 1. The lowest BCUT2D eigenvalue weighted by molar-refractivity contribution is -0.142. The monoisotopic (exact) mass is 536 g/mol. The van der Waals surface area contributed by atoms with E-state index in [-0.39, 0.29) is 18.4 Å². The van der Waals surface area contributed by atoms with Crippen LogP contribution in [0.4, 0.5) is 0 Å². The largest absolute Gasteiger partial charge is 0.484 e. The van der Waals surface area contributed by atoms with Gasteiger partial charge in [-0.3, -0.25) is 9.59 Å². The van der Waals surface area contributed by atoms with Crippen LogP contribution in [0.1, 0.15) is 30.5 Å². The van der Waals surface area contributed by atoms with Crippen molar-refractivity contribution in [2.24, 2.45) is 5.92 Å². The first-order valence-electron chi connectivity index (χ1n) is 11.9. The average Bonchev–Trinajstić information content (AvgIpc) is 2.86. The number of amides is 2. The van der Waals surface area contributed by atoms with Crippen LogP contribution in [0.3, 0.4) is 0 Å². The first kappa shape index (κ1) is 26.5. The second kappa shape index (κ2) is 13.1. The lowest BCUT2D eigenvalue weighted by atomic mass is 10.0. The molecular weight excluding hydrogens is 504 g/mol. The number of halogens is 1. The fourth-order valence-corrected chi connectivity index (χ4v) is 3.89. The zero-order chi connectivity index (χ0) is 25.2. The Morgan fingerprint density at radius 1 is 0.914 bits per heavy atom. The fourth-order valence-electron chi connectivity index (χ4n) is 3.63. The molecule has 0 unspecified atom stereocenters. The summed E-state index contributed by atoms with van der Waals surface area (Å²) in [6.45, 7) is 6.83. The Hall–Kier alpha value is -3.12. The van der Waals surface area contributed by atoms with Crippen molar-refractivity contribution in [3.63, 3.8) is 0 Å². The zero-order valence-corrected chi connectivity index (χ0v) is 22.1. The number of ether oxygens (including phenoxy) is 1. The van der Waals surface area contributed by atoms with Crippen molar-refractivity contribution in [3.05, 3.63) is 100 Å². The normalized spacial score (nSPS) is 11.7. The molecule has 3 rings (SSSR count). The quantitative estimate of drug-likeness (QED) is 0.349. The average molecular weight is 537 g/mol. The molecule has 184 valence electrons. The molecule has 0 saturated heterocycles. The number of hydrogen-bond acceptors (Lipinski definition) is 3. The van der Waals surface area contributed by atoms with Gasteiger partial charge >= 0.3 is 0 Å². The number of benzene rings is 3. The molecule has 0 fully saturated rings. The first-order chi connectivity index (χ1) is 16.8. The third-order valence-electron chi connectivity index (χ3n) is 5.61. The number of rotatable bonds is 11. The molecule has 0 spiro atoms. The molecule has 5 nitrogen and oxygen atoms in total. The molecule has 2 amide bonds. The number of nitrogens with zero attached hydrogens (tertiary/aromatic N) is 1. The van der Waals surface area contributed by atoms with Crippen molar-refractivity contribution in [2.45, 2.75) is 39.8 Å². The lowest BCUT2D eigenvalue weighted by Crippen LogP contribution is -2.52. The maximum atomic E-state index is 13.5. The molecule has 3 aromatic rings. The summed E-state index contributed by atoms with van der Waals surface area (Å²) in [5.74, 6) is 0.500. The van der Waals surface area contributed by atoms with Crippen LogP contribution in [0.15, 0.2) is 83.3 Å². The predicted octanol–water partition coefficient (Wildman–Crippen LogP) is 5.55. The highest BCUT2D eigenvalue weighted by atomic mass is 79.9. The molecule has 35 heavy (non-hydrogen) atoms. The maximum absolute atomic E-state index is 13.5. The second-order valence-corrected chi connectivity index (χ2v) is 10.0. The van der Waals surface area contributed by atoms with Crippen LogP contribution in [0.2, 0.25) is 0 Å². The summed E-state index contributed by atoms with van der Waals surface area (Å²) in [6.07, 6.45) is 0.417. The van der Waals surface area contributed by atoms with Gasteiger partial charge in [-0.25, -0.2) is 0 Å². The van der Waals surface area contributed by atoms with Crippen LogP contribution in [0.5, 0.6) is 5.75 Å². The minimum Gasteiger partial charge on any atom is -0.484 e. The third kappa shape index (κ3) is 8.55. The molecule has 0 aliphatic heterocycles. The Balaban J connectivity index is 1.88. The minimum absolute atomic E-state index is 0.157. The van der Waals surface area contributed by atoms with Gasteiger partial charge in [-0.15, -0.1) is 0 Å². The highest BCUT2D eigenvalue weighted by Crippen LogP contribution is 2.18. The van der Waals surface area contributed by atoms with Gasteiger partial charge in [-0.2, -0.15) is 0 Å². The summed E-state index contributed by atoms with van der Waals surface area (Å²) in [6, 6.07) is 24.5. The molecule has 0 radical (unpaired) electrons. The van der Waals surface area contributed by atoms with E-state index in [0.29, 0.717) is 31.2 Å². The standard InChI is InChI=1S/C29H33BrN2O3/c1-21(2)18-31-29(34)27(17-23-7-5-4-6-8-23)32(19-24-11-9-22(3)10-12-24)28(33)20-35-26-15-13-25(30)14-16-26/h4-16,21,27H,17-20H2,1-3H3,(H,31,34)/t27-/m1/s1. The van der Waals surface area contributed by atoms with Gasteiger partial charge in [-0.1, -0.05) is 89.9 Å². The summed E-state index contributed by atoms with van der Waals surface area (Å²) in [5, 5.41) is 3.03. The predicted molar refractivity (Wildman–Crippen MR) is 143 cm³/mol. The van der Waals surface area contributed by atoms with Gasteiger partial charge in [0.1, 0.15) is 11.8 Å². The van der Waals surface area contributed by atoms with Crippen LogP contribution in [-0.4, -0.2) is 35.9 Å². The van der Waals surface area contributed by atoms with Gasteiger partial charge in [-0.05, 0) is 48.2 Å². The maximum Gasteiger partial charge on any atom is 0.261 e. The number of hydrogen-bond donors (Lipinski definition) is 1. The molecule has 0 aliphatic rings. The molecule has 3 aromatic carbocycles. The van der Waals surface area contributed by atoms with E-state index >= 15 is 0 Å². The Bertz CT molecular complexity index is 1080. The van der Waals surface area contributed by atoms with Crippen molar-refractivity contribution in [3.8, 4) is 5.75 Å². The molecule has 1 atom stereocenters. The molecule has 6 heteroatoms. The Morgan fingerprint density at radius 3 is 2.20 bits per heavy atom. The van der Waals surface area contributed by atoms with Gasteiger partial charge < -0.3 is 15.0 Å². The van der Waals surface area contributed by atoms with E-state index in [4.69, 9.17) is 4.74 Å². The van der Waals surface area contributed by atoms with E-state index in [1.54, 1.807) is 17.0 Å². The smallest absolute Gasteiger partial charge is 0.261 e. The van der Waals surface area contributed by atoms with Crippen molar-refractivity contribution in [1.29, 1.82) is 0 Å². The van der Waals surface area contributed by atoms with Gasteiger partial charge in [0, 0.05) is 24.0 Å². The lowest BCUT2D eigenvalue weighted by Gasteiger charge is -2.31. The number of carbonyl (C=O) groups excluding carboxylic acids is 2. The Kier molecular flexibility index (Phi) is 9.91. The van der Waals surface area contributed by atoms with E-state index in [1.165, 1.54) is 0 Å². The second-order valence-electron chi connectivity index (χ2n) is 9.09. The SMILES string of the molecule is Cc1ccc(CN(C(=O)COc2ccc(Br)cc2)[C@H](Cc2ccccc2)C(=O)NCC(C)C)cc1. The van der Waals surface area contributed by atoms with Gasteiger partial charge in [0.2, 0.25) is 5.91 Å². The van der Waals surface area contributed by atoms with E-state index in [9.17, 15) is 9.59 Å². The molecule has 1 N–H and O–H groups in total. The van der Waals surface area contributed by atoms with E-state index in [1.807, 2.05) is 87.5 Å². The minimum atomic E-state index is -0.668. The highest BCUT2D eigenvalue weighted by molar-refractivity contribution is 9.10. The van der Waals surface area contributed by atoms with E-state index in [2.05, 4.69) is 21.2 Å². The topological polar surface area (TPSA) is 58.6 Å².